The Balaban J connectivity index is 2.32. The molecule has 0 amide bonds. The maximum absolute atomic E-state index is 11.9. The van der Waals surface area contributed by atoms with Crippen molar-refractivity contribution in [3.05, 3.63) is 26.6 Å². The van der Waals surface area contributed by atoms with Gasteiger partial charge in [-0.3, -0.25) is 4.79 Å². The third-order valence-corrected chi connectivity index (χ3v) is 3.65. The van der Waals surface area contributed by atoms with E-state index in [9.17, 15) is 9.59 Å². The maximum atomic E-state index is 11.9. The number of aryl methyl sites for hydroxylation is 2. The molecule has 0 unspecified atom stereocenters. The summed E-state index contributed by atoms with van der Waals surface area (Å²) in [6.45, 7) is 3.38. The fraction of sp³-hybridized carbons (Fsp3) is 0.364. The van der Waals surface area contributed by atoms with Crippen molar-refractivity contribution in [3.63, 3.8) is 0 Å². The molecule has 0 fully saturated rings. The van der Waals surface area contributed by atoms with Gasteiger partial charge in [-0.05, 0) is 19.4 Å². The van der Waals surface area contributed by atoms with Crippen LogP contribution in [0.4, 0.5) is 0 Å². The molecular weight excluding hydrogens is 256 g/mol. The highest BCUT2D eigenvalue weighted by molar-refractivity contribution is 7.18. The number of rotatable bonds is 4. The number of carboxylic acid groups (broad SMARTS) is 1. The smallest absolute Gasteiger partial charge is 0.329 e. The Hall–Kier alpha value is -1.73. The van der Waals surface area contributed by atoms with Crippen LogP contribution < -0.4 is 5.56 Å². The van der Waals surface area contributed by atoms with Gasteiger partial charge in [0.1, 0.15) is 23.9 Å². The van der Waals surface area contributed by atoms with Crippen LogP contribution in [0.5, 0.6) is 0 Å². The largest absolute Gasteiger partial charge is 0.480 e. The van der Waals surface area contributed by atoms with Crippen molar-refractivity contribution in [1.29, 1.82) is 0 Å². The van der Waals surface area contributed by atoms with E-state index >= 15 is 0 Å². The van der Waals surface area contributed by atoms with E-state index in [1.807, 2.05) is 13.8 Å². The van der Waals surface area contributed by atoms with Gasteiger partial charge >= 0.3 is 5.97 Å². The van der Waals surface area contributed by atoms with Crippen molar-refractivity contribution in [3.8, 4) is 0 Å². The number of thiophene rings is 1. The molecule has 0 aromatic carbocycles. The summed E-state index contributed by atoms with van der Waals surface area (Å²) in [6, 6.07) is 0. The van der Waals surface area contributed by atoms with Crippen LogP contribution in [-0.4, -0.2) is 27.7 Å². The van der Waals surface area contributed by atoms with E-state index in [-0.39, 0.29) is 12.2 Å². The topological polar surface area (TPSA) is 92.3 Å². The number of H-pyrrole nitrogens is 1. The van der Waals surface area contributed by atoms with Gasteiger partial charge in [0.05, 0.1) is 5.39 Å². The van der Waals surface area contributed by atoms with Gasteiger partial charge in [-0.15, -0.1) is 11.3 Å². The first-order chi connectivity index (χ1) is 8.49. The van der Waals surface area contributed by atoms with Crippen LogP contribution >= 0.6 is 11.3 Å². The van der Waals surface area contributed by atoms with Gasteiger partial charge in [0.25, 0.3) is 5.56 Å². The van der Waals surface area contributed by atoms with Crippen LogP contribution in [0, 0.1) is 13.8 Å². The number of carbonyl (C=O) groups is 1. The minimum Gasteiger partial charge on any atom is -0.480 e. The van der Waals surface area contributed by atoms with E-state index in [0.29, 0.717) is 16.0 Å². The quantitative estimate of drug-likeness (QED) is 0.869. The van der Waals surface area contributed by atoms with Gasteiger partial charge in [-0.25, -0.2) is 9.78 Å². The highest BCUT2D eigenvalue weighted by atomic mass is 32.1. The first kappa shape index (κ1) is 12.7. The van der Waals surface area contributed by atoms with Gasteiger partial charge in [-0.1, -0.05) is 0 Å². The SMILES string of the molecule is Cc1sc2nc(COCC(=O)O)[nH]c(=O)c2c1C. The zero-order chi connectivity index (χ0) is 13.3. The highest BCUT2D eigenvalue weighted by Crippen LogP contribution is 2.25. The van der Waals surface area contributed by atoms with Crippen molar-refractivity contribution in [2.45, 2.75) is 20.5 Å². The number of carboxylic acids is 1. The van der Waals surface area contributed by atoms with Gasteiger partial charge in [0.15, 0.2) is 0 Å². The molecule has 2 rings (SSSR count). The predicted octanol–water partition coefficient (Wildman–Crippen LogP) is 1.20. The van der Waals surface area contributed by atoms with Crippen LogP contribution in [0.3, 0.4) is 0 Å². The minimum absolute atomic E-state index is 0.0204. The van der Waals surface area contributed by atoms with Crippen molar-refractivity contribution >= 4 is 27.5 Å². The molecule has 0 aliphatic heterocycles. The van der Waals surface area contributed by atoms with E-state index in [1.54, 1.807) is 0 Å². The standard InChI is InChI=1S/C11H12N2O4S/c1-5-6(2)18-11-9(5)10(16)12-7(13-11)3-17-4-8(14)15/h3-4H2,1-2H3,(H,14,15)(H,12,13,16). The van der Waals surface area contributed by atoms with Gasteiger partial charge < -0.3 is 14.8 Å². The zero-order valence-electron chi connectivity index (χ0n) is 9.94. The van der Waals surface area contributed by atoms with E-state index in [4.69, 9.17) is 9.84 Å². The van der Waals surface area contributed by atoms with E-state index in [1.165, 1.54) is 11.3 Å². The van der Waals surface area contributed by atoms with Crippen LogP contribution in [0.2, 0.25) is 0 Å². The van der Waals surface area contributed by atoms with Crippen molar-refractivity contribution < 1.29 is 14.6 Å². The highest BCUT2D eigenvalue weighted by Gasteiger charge is 2.11. The fourth-order valence-corrected chi connectivity index (χ4v) is 2.65. The Morgan fingerprint density at radius 3 is 2.89 bits per heavy atom. The summed E-state index contributed by atoms with van der Waals surface area (Å²) in [7, 11) is 0. The second-order valence-corrected chi connectivity index (χ2v) is 5.07. The Kier molecular flexibility index (Phi) is 3.44. The van der Waals surface area contributed by atoms with Crippen LogP contribution in [0.1, 0.15) is 16.3 Å². The molecule has 0 aliphatic rings. The van der Waals surface area contributed by atoms with E-state index in [2.05, 4.69) is 9.97 Å². The fourth-order valence-electron chi connectivity index (χ4n) is 1.60. The first-order valence-corrected chi connectivity index (χ1v) is 6.09. The molecule has 96 valence electrons. The Bertz CT molecular complexity index is 659. The summed E-state index contributed by atoms with van der Waals surface area (Å²) in [6.07, 6.45) is 0. The van der Waals surface area contributed by atoms with E-state index in [0.717, 1.165) is 10.4 Å². The number of fused-ring (bicyclic) bond motifs is 1. The zero-order valence-corrected chi connectivity index (χ0v) is 10.8. The third kappa shape index (κ3) is 2.41. The number of hydrogen-bond acceptors (Lipinski definition) is 5. The maximum Gasteiger partial charge on any atom is 0.329 e. The molecule has 0 bridgehead atoms. The molecule has 2 aromatic heterocycles. The molecule has 18 heavy (non-hydrogen) atoms. The molecular formula is C11H12N2O4S. The second-order valence-electron chi connectivity index (χ2n) is 3.86. The second kappa shape index (κ2) is 4.87. The van der Waals surface area contributed by atoms with Crippen LogP contribution in [0.15, 0.2) is 4.79 Å². The molecule has 2 N–H and O–H groups in total. The van der Waals surface area contributed by atoms with Gasteiger partial charge in [0, 0.05) is 4.88 Å². The number of aromatic amines is 1. The average molecular weight is 268 g/mol. The Labute approximate surface area is 106 Å². The molecule has 7 heteroatoms. The number of nitrogens with zero attached hydrogens (tertiary/aromatic N) is 1. The molecule has 2 aromatic rings. The van der Waals surface area contributed by atoms with E-state index < -0.39 is 12.6 Å². The number of ether oxygens (including phenoxy) is 1. The summed E-state index contributed by atoms with van der Waals surface area (Å²) in [4.78, 5) is 30.7. The molecule has 0 atom stereocenters. The number of hydrogen-bond donors (Lipinski definition) is 2. The number of aromatic nitrogens is 2. The minimum atomic E-state index is -1.05. The number of nitrogens with one attached hydrogen (secondary N) is 1. The molecule has 6 nitrogen and oxygen atoms in total. The molecule has 0 radical (unpaired) electrons. The Morgan fingerprint density at radius 2 is 2.22 bits per heavy atom. The summed E-state index contributed by atoms with van der Waals surface area (Å²) in [5.41, 5.74) is 0.720. The van der Waals surface area contributed by atoms with Gasteiger partial charge in [0.2, 0.25) is 0 Å². The molecule has 0 aliphatic carbocycles. The summed E-state index contributed by atoms with van der Waals surface area (Å²) < 4.78 is 4.89. The summed E-state index contributed by atoms with van der Waals surface area (Å²) in [5, 5.41) is 9.04. The molecule has 0 saturated heterocycles. The normalized spacial score (nSPS) is 11.0. The third-order valence-electron chi connectivity index (χ3n) is 2.55. The monoisotopic (exact) mass is 268 g/mol. The number of aliphatic carboxylic acids is 1. The lowest BCUT2D eigenvalue weighted by Gasteiger charge is -2.01. The van der Waals surface area contributed by atoms with Crippen molar-refractivity contribution in [2.75, 3.05) is 6.61 Å². The van der Waals surface area contributed by atoms with Crippen molar-refractivity contribution in [2.24, 2.45) is 0 Å². The van der Waals surface area contributed by atoms with Gasteiger partial charge in [-0.2, -0.15) is 0 Å². The first-order valence-electron chi connectivity index (χ1n) is 5.27. The van der Waals surface area contributed by atoms with Crippen LogP contribution in [0.25, 0.3) is 10.2 Å². The lowest BCUT2D eigenvalue weighted by molar-refractivity contribution is -0.142. The lowest BCUT2D eigenvalue weighted by Crippen LogP contribution is -2.14. The van der Waals surface area contributed by atoms with Crippen LogP contribution in [-0.2, 0) is 16.1 Å². The predicted molar refractivity (Wildman–Crippen MR) is 67.0 cm³/mol. The Morgan fingerprint density at radius 1 is 1.50 bits per heavy atom. The molecule has 2 heterocycles. The molecule has 0 saturated carbocycles. The summed E-state index contributed by atoms with van der Waals surface area (Å²) >= 11 is 1.44. The van der Waals surface area contributed by atoms with Crippen molar-refractivity contribution in [1.82, 2.24) is 9.97 Å². The average Bonchev–Trinajstić information content (AvgIpc) is 2.54. The lowest BCUT2D eigenvalue weighted by atomic mass is 10.2. The summed E-state index contributed by atoms with van der Waals surface area (Å²) in [5.74, 6) is -0.712. The molecule has 0 spiro atoms.